The van der Waals surface area contributed by atoms with Crippen molar-refractivity contribution in [2.45, 2.75) is 12.8 Å². The number of halogens is 3. The average molecular weight is 391 g/mol. The molecule has 146 valence electrons. The number of nitrogens with two attached hydrogens (primary N) is 1. The SMILES string of the molecule is NC(=O)NCCc1cccc(-c2ncn(-c3ccc(OC(F)(F)F)cc3)n2)c1. The highest BCUT2D eigenvalue weighted by Gasteiger charge is 2.30. The van der Waals surface area contributed by atoms with Crippen LogP contribution in [0.4, 0.5) is 18.0 Å². The number of hydrogen-bond acceptors (Lipinski definition) is 4. The van der Waals surface area contributed by atoms with Crippen molar-refractivity contribution in [2.24, 2.45) is 5.73 Å². The highest BCUT2D eigenvalue weighted by molar-refractivity contribution is 5.71. The van der Waals surface area contributed by atoms with Gasteiger partial charge < -0.3 is 15.8 Å². The molecule has 0 saturated carbocycles. The van der Waals surface area contributed by atoms with Crippen molar-refractivity contribution in [1.29, 1.82) is 0 Å². The zero-order chi connectivity index (χ0) is 20.1. The molecule has 28 heavy (non-hydrogen) atoms. The predicted molar refractivity (Wildman–Crippen MR) is 94.8 cm³/mol. The number of primary amides is 1. The van der Waals surface area contributed by atoms with E-state index in [9.17, 15) is 18.0 Å². The molecule has 0 saturated heterocycles. The van der Waals surface area contributed by atoms with E-state index in [0.29, 0.717) is 24.5 Å². The number of alkyl halides is 3. The molecular formula is C18H16F3N5O2. The molecule has 0 aliphatic rings. The van der Waals surface area contributed by atoms with Gasteiger partial charge in [-0.2, -0.15) is 0 Å². The van der Waals surface area contributed by atoms with E-state index in [1.165, 1.54) is 35.3 Å². The normalized spacial score (nSPS) is 11.2. The number of aromatic nitrogens is 3. The van der Waals surface area contributed by atoms with Crippen LogP contribution in [-0.2, 0) is 6.42 Å². The van der Waals surface area contributed by atoms with E-state index in [-0.39, 0.29) is 5.75 Å². The Labute approximate surface area is 157 Å². The van der Waals surface area contributed by atoms with Crippen LogP contribution in [0.2, 0.25) is 0 Å². The highest BCUT2D eigenvalue weighted by Crippen LogP contribution is 2.24. The molecule has 0 bridgehead atoms. The van der Waals surface area contributed by atoms with Crippen molar-refractivity contribution in [2.75, 3.05) is 6.54 Å². The van der Waals surface area contributed by atoms with Crippen molar-refractivity contribution >= 4 is 6.03 Å². The lowest BCUT2D eigenvalue weighted by atomic mass is 10.1. The van der Waals surface area contributed by atoms with Crippen LogP contribution in [0.25, 0.3) is 17.1 Å². The van der Waals surface area contributed by atoms with E-state index >= 15 is 0 Å². The summed E-state index contributed by atoms with van der Waals surface area (Å²) in [6.07, 6.45) is -2.67. The summed E-state index contributed by atoms with van der Waals surface area (Å²) in [7, 11) is 0. The third-order valence-electron chi connectivity index (χ3n) is 3.72. The molecule has 0 spiro atoms. The maximum atomic E-state index is 12.2. The van der Waals surface area contributed by atoms with Crippen LogP contribution < -0.4 is 15.8 Å². The lowest BCUT2D eigenvalue weighted by Gasteiger charge is -2.09. The van der Waals surface area contributed by atoms with Crippen LogP contribution in [-0.4, -0.2) is 33.7 Å². The Morgan fingerprint density at radius 2 is 1.93 bits per heavy atom. The highest BCUT2D eigenvalue weighted by atomic mass is 19.4. The third-order valence-corrected chi connectivity index (χ3v) is 3.72. The zero-order valence-corrected chi connectivity index (χ0v) is 14.5. The van der Waals surface area contributed by atoms with Gasteiger partial charge in [-0.15, -0.1) is 18.3 Å². The molecule has 7 nitrogen and oxygen atoms in total. The van der Waals surface area contributed by atoms with Crippen molar-refractivity contribution in [3.63, 3.8) is 0 Å². The van der Waals surface area contributed by atoms with Crippen LogP contribution in [0.5, 0.6) is 5.75 Å². The zero-order valence-electron chi connectivity index (χ0n) is 14.5. The summed E-state index contributed by atoms with van der Waals surface area (Å²) in [4.78, 5) is 15.0. The Bertz CT molecular complexity index is 954. The van der Waals surface area contributed by atoms with Gasteiger partial charge in [0, 0.05) is 12.1 Å². The summed E-state index contributed by atoms with van der Waals surface area (Å²) in [5, 5.41) is 6.88. The molecule has 3 aromatic rings. The number of benzene rings is 2. The van der Waals surface area contributed by atoms with Crippen molar-refractivity contribution in [3.8, 4) is 22.8 Å². The van der Waals surface area contributed by atoms with Crippen molar-refractivity contribution in [1.82, 2.24) is 20.1 Å². The Hall–Kier alpha value is -3.56. The largest absolute Gasteiger partial charge is 0.573 e. The van der Waals surface area contributed by atoms with E-state index in [1.54, 1.807) is 0 Å². The van der Waals surface area contributed by atoms with E-state index in [1.807, 2.05) is 24.3 Å². The van der Waals surface area contributed by atoms with Gasteiger partial charge in [0.1, 0.15) is 12.1 Å². The second kappa shape index (κ2) is 7.99. The van der Waals surface area contributed by atoms with Gasteiger partial charge in [0.05, 0.1) is 5.69 Å². The van der Waals surface area contributed by atoms with Crippen molar-refractivity contribution in [3.05, 3.63) is 60.4 Å². The number of urea groups is 1. The van der Waals surface area contributed by atoms with Crippen LogP contribution >= 0.6 is 0 Å². The molecule has 1 heterocycles. The predicted octanol–water partition coefficient (Wildman–Crippen LogP) is 3.04. The first-order valence-electron chi connectivity index (χ1n) is 8.21. The maximum absolute atomic E-state index is 12.2. The standard InChI is InChI=1S/C18H16F3N5O2/c19-18(20,21)28-15-6-4-14(5-7-15)26-11-24-16(25-26)13-3-1-2-12(10-13)8-9-23-17(22)27/h1-7,10-11H,8-9H2,(H3,22,23,27). The van der Waals surface area contributed by atoms with Crippen LogP contribution in [0.15, 0.2) is 54.9 Å². The van der Waals surface area contributed by atoms with E-state index < -0.39 is 12.4 Å². The summed E-state index contributed by atoms with van der Waals surface area (Å²) in [5.74, 6) is 0.147. The number of nitrogens with zero attached hydrogens (tertiary/aromatic N) is 3. The molecular weight excluding hydrogens is 375 g/mol. The van der Waals surface area contributed by atoms with Crippen LogP contribution in [0, 0.1) is 0 Å². The number of hydrogen-bond donors (Lipinski definition) is 2. The average Bonchev–Trinajstić information content (AvgIpc) is 3.11. The number of nitrogens with one attached hydrogen (secondary N) is 1. The van der Waals surface area contributed by atoms with E-state index in [2.05, 4.69) is 20.1 Å². The molecule has 3 rings (SSSR count). The van der Waals surface area contributed by atoms with Crippen molar-refractivity contribution < 1.29 is 22.7 Å². The number of amides is 2. The quantitative estimate of drug-likeness (QED) is 0.675. The van der Waals surface area contributed by atoms with E-state index in [4.69, 9.17) is 5.73 Å². The minimum atomic E-state index is -4.74. The first-order chi connectivity index (χ1) is 13.3. The van der Waals surface area contributed by atoms with Gasteiger partial charge in [0.2, 0.25) is 0 Å². The molecule has 1 aromatic heterocycles. The van der Waals surface area contributed by atoms with Gasteiger partial charge in [-0.3, -0.25) is 0 Å². The Morgan fingerprint density at radius 1 is 1.18 bits per heavy atom. The topological polar surface area (TPSA) is 95.1 Å². The van der Waals surface area contributed by atoms with Gasteiger partial charge in [0.15, 0.2) is 5.82 Å². The fraction of sp³-hybridized carbons (Fsp3) is 0.167. The third kappa shape index (κ3) is 5.22. The second-order valence-corrected chi connectivity index (χ2v) is 5.80. The lowest BCUT2D eigenvalue weighted by molar-refractivity contribution is -0.274. The molecule has 2 amide bonds. The van der Waals surface area contributed by atoms with Gasteiger partial charge in [-0.1, -0.05) is 18.2 Å². The van der Waals surface area contributed by atoms with Crippen LogP contribution in [0.3, 0.4) is 0 Å². The van der Waals surface area contributed by atoms with Gasteiger partial charge in [-0.25, -0.2) is 14.5 Å². The number of ether oxygens (including phenoxy) is 1. The lowest BCUT2D eigenvalue weighted by Crippen LogP contribution is -2.30. The Balaban J connectivity index is 1.72. The molecule has 0 aliphatic carbocycles. The number of carbonyl (C=O) groups excluding carboxylic acids is 1. The Morgan fingerprint density at radius 3 is 2.61 bits per heavy atom. The fourth-order valence-corrected chi connectivity index (χ4v) is 2.52. The number of rotatable bonds is 6. The molecule has 0 atom stereocenters. The smallest absolute Gasteiger partial charge is 0.406 e. The maximum Gasteiger partial charge on any atom is 0.573 e. The molecule has 0 unspecified atom stereocenters. The van der Waals surface area contributed by atoms with Crippen LogP contribution in [0.1, 0.15) is 5.56 Å². The molecule has 2 aromatic carbocycles. The summed E-state index contributed by atoms with van der Waals surface area (Å²) >= 11 is 0. The first kappa shape index (κ1) is 19.2. The molecule has 0 fully saturated rings. The molecule has 3 N–H and O–H groups in total. The van der Waals surface area contributed by atoms with Gasteiger partial charge >= 0.3 is 12.4 Å². The Kier molecular flexibility index (Phi) is 5.48. The minimum Gasteiger partial charge on any atom is -0.406 e. The number of carbonyl (C=O) groups is 1. The summed E-state index contributed by atoms with van der Waals surface area (Å²) in [5.41, 5.74) is 7.32. The summed E-state index contributed by atoms with van der Waals surface area (Å²) in [6.45, 7) is 0.410. The minimum absolute atomic E-state index is 0.311. The van der Waals surface area contributed by atoms with E-state index in [0.717, 1.165) is 11.1 Å². The molecule has 0 radical (unpaired) electrons. The first-order valence-corrected chi connectivity index (χ1v) is 8.21. The summed E-state index contributed by atoms with van der Waals surface area (Å²) < 4.78 is 42.0. The fourth-order valence-electron chi connectivity index (χ4n) is 2.52. The monoisotopic (exact) mass is 391 g/mol. The van der Waals surface area contributed by atoms with Gasteiger partial charge in [-0.05, 0) is 42.3 Å². The summed E-state index contributed by atoms with van der Waals surface area (Å²) in [6, 6.07) is 12.2. The van der Waals surface area contributed by atoms with Gasteiger partial charge in [0.25, 0.3) is 0 Å². The second-order valence-electron chi connectivity index (χ2n) is 5.80. The molecule has 10 heteroatoms. The molecule has 0 aliphatic heterocycles.